The summed E-state index contributed by atoms with van der Waals surface area (Å²) < 4.78 is 0. The number of pyridine rings is 1. The van der Waals surface area contributed by atoms with Crippen LogP contribution in [-0.4, -0.2) is 10.9 Å². The number of nitrogens with zero attached hydrogens (tertiary/aromatic N) is 1. The molecule has 1 amide bonds. The van der Waals surface area contributed by atoms with Crippen LogP contribution in [0.1, 0.15) is 40.7 Å². The highest BCUT2D eigenvalue weighted by molar-refractivity contribution is 7.21. The van der Waals surface area contributed by atoms with E-state index in [1.54, 1.807) is 0 Å². The third-order valence-electron chi connectivity index (χ3n) is 3.99. The molecule has 0 unspecified atom stereocenters. The summed E-state index contributed by atoms with van der Waals surface area (Å²) in [5.74, 6) is 0.270. The van der Waals surface area contributed by atoms with Crippen molar-refractivity contribution in [1.82, 2.24) is 4.98 Å². The first-order chi connectivity index (χ1) is 9.10. The molecule has 1 aliphatic rings. The minimum Gasteiger partial charge on any atom is -0.397 e. The molecule has 2 aromatic heterocycles. The van der Waals surface area contributed by atoms with Crippen molar-refractivity contribution in [3.8, 4) is 0 Å². The van der Waals surface area contributed by atoms with Crippen LogP contribution in [-0.2, 0) is 12.8 Å². The molecule has 2 heterocycles. The van der Waals surface area contributed by atoms with Crippen molar-refractivity contribution in [3.05, 3.63) is 22.2 Å². The van der Waals surface area contributed by atoms with E-state index >= 15 is 0 Å². The molecule has 0 aliphatic heterocycles. The number of nitrogen functional groups attached to an aromatic ring is 1. The van der Waals surface area contributed by atoms with Gasteiger partial charge in [-0.25, -0.2) is 4.98 Å². The maximum Gasteiger partial charge on any atom is 0.260 e. The quantitative estimate of drug-likeness (QED) is 0.883. The fourth-order valence-corrected chi connectivity index (χ4v) is 3.75. The Kier molecular flexibility index (Phi) is 2.93. The van der Waals surface area contributed by atoms with E-state index in [1.807, 2.05) is 0 Å². The molecule has 0 fully saturated rings. The number of carbonyl (C=O) groups excluding carboxylic acids is 1. The lowest BCUT2D eigenvalue weighted by atomic mass is 9.85. The third kappa shape index (κ3) is 1.98. The Bertz CT molecular complexity index is 662. The van der Waals surface area contributed by atoms with Crippen LogP contribution < -0.4 is 11.5 Å². The number of amides is 1. The average molecular weight is 275 g/mol. The minimum absolute atomic E-state index is 0.428. The Morgan fingerprint density at radius 2 is 2.37 bits per heavy atom. The third-order valence-corrected chi connectivity index (χ3v) is 5.12. The maximum atomic E-state index is 11.3. The summed E-state index contributed by atoms with van der Waals surface area (Å²) in [7, 11) is 0. The van der Waals surface area contributed by atoms with Crippen molar-refractivity contribution < 1.29 is 4.79 Å². The molecule has 0 aromatic carbocycles. The predicted octanol–water partition coefficient (Wildman–Crippen LogP) is 2.49. The number of hydrogen-bond donors (Lipinski definition) is 2. The molecular weight excluding hydrogens is 258 g/mol. The van der Waals surface area contributed by atoms with Crippen molar-refractivity contribution in [2.45, 2.75) is 32.6 Å². The molecule has 0 radical (unpaired) electrons. The average Bonchev–Trinajstić information content (AvgIpc) is 2.73. The summed E-state index contributed by atoms with van der Waals surface area (Å²) in [6, 6.07) is 2.11. The molecule has 1 atom stereocenters. The van der Waals surface area contributed by atoms with Crippen LogP contribution in [0.25, 0.3) is 10.2 Å². The maximum absolute atomic E-state index is 11.3. The number of aryl methyl sites for hydroxylation is 1. The Morgan fingerprint density at radius 1 is 1.58 bits per heavy atom. The van der Waals surface area contributed by atoms with Crippen molar-refractivity contribution >= 4 is 33.1 Å². The van der Waals surface area contributed by atoms with Gasteiger partial charge in [0, 0.05) is 11.1 Å². The van der Waals surface area contributed by atoms with Gasteiger partial charge in [-0.05, 0) is 36.8 Å². The molecule has 0 saturated carbocycles. The van der Waals surface area contributed by atoms with Gasteiger partial charge >= 0.3 is 0 Å². The Labute approximate surface area is 115 Å². The van der Waals surface area contributed by atoms with Gasteiger partial charge < -0.3 is 11.5 Å². The zero-order chi connectivity index (χ0) is 13.6. The van der Waals surface area contributed by atoms with E-state index in [-0.39, 0.29) is 0 Å². The zero-order valence-electron chi connectivity index (χ0n) is 10.9. The molecular formula is C14H17N3OS. The lowest BCUT2D eigenvalue weighted by Gasteiger charge is -2.22. The van der Waals surface area contributed by atoms with Gasteiger partial charge in [0.05, 0.1) is 5.69 Å². The standard InChI is InChI=1S/C14H17N3OS/c1-2-7-3-4-10-8(5-7)6-9-11(15)12(13(16)18)19-14(9)17-10/h6-7H,2-5,15H2,1H3,(H2,16,18)/t7-/m1/s1. The summed E-state index contributed by atoms with van der Waals surface area (Å²) in [5, 5.41) is 0.884. The summed E-state index contributed by atoms with van der Waals surface area (Å²) in [5.41, 5.74) is 14.3. The van der Waals surface area contributed by atoms with E-state index in [1.165, 1.54) is 29.7 Å². The number of hydrogen-bond acceptors (Lipinski definition) is 4. The second-order valence-corrected chi connectivity index (χ2v) is 6.17. The van der Waals surface area contributed by atoms with Crippen LogP contribution in [0.4, 0.5) is 5.69 Å². The molecule has 0 saturated heterocycles. The molecule has 2 aromatic rings. The molecule has 4 nitrogen and oxygen atoms in total. The van der Waals surface area contributed by atoms with Crippen LogP contribution in [0, 0.1) is 5.92 Å². The minimum atomic E-state index is -0.468. The fourth-order valence-electron chi connectivity index (χ4n) is 2.80. The summed E-state index contributed by atoms with van der Waals surface area (Å²) in [6.45, 7) is 2.23. The predicted molar refractivity (Wildman–Crippen MR) is 78.4 cm³/mol. The first kappa shape index (κ1) is 12.4. The number of aromatic nitrogens is 1. The smallest absolute Gasteiger partial charge is 0.260 e. The molecule has 4 N–H and O–H groups in total. The number of primary amides is 1. The highest BCUT2D eigenvalue weighted by Gasteiger charge is 2.22. The van der Waals surface area contributed by atoms with Crippen LogP contribution in [0.15, 0.2) is 6.07 Å². The number of fused-ring (bicyclic) bond motifs is 2. The molecule has 1 aliphatic carbocycles. The molecule has 3 rings (SSSR count). The van der Waals surface area contributed by atoms with Gasteiger partial charge in [0.1, 0.15) is 9.71 Å². The van der Waals surface area contributed by atoms with Gasteiger partial charge in [0.25, 0.3) is 5.91 Å². The second-order valence-electron chi connectivity index (χ2n) is 5.17. The highest BCUT2D eigenvalue weighted by atomic mass is 32.1. The topological polar surface area (TPSA) is 82.0 Å². The zero-order valence-corrected chi connectivity index (χ0v) is 11.7. The Balaban J connectivity index is 2.14. The van der Waals surface area contributed by atoms with Gasteiger partial charge in [0.15, 0.2) is 0 Å². The normalized spacial score (nSPS) is 18.5. The molecule has 19 heavy (non-hydrogen) atoms. The largest absolute Gasteiger partial charge is 0.397 e. The van der Waals surface area contributed by atoms with Crippen molar-refractivity contribution in [1.29, 1.82) is 0 Å². The van der Waals surface area contributed by atoms with Crippen LogP contribution >= 0.6 is 11.3 Å². The van der Waals surface area contributed by atoms with Gasteiger partial charge in [-0.3, -0.25) is 4.79 Å². The number of thiophene rings is 1. The Hall–Kier alpha value is -1.62. The van der Waals surface area contributed by atoms with Gasteiger partial charge in [-0.1, -0.05) is 13.3 Å². The molecule has 100 valence electrons. The highest BCUT2D eigenvalue weighted by Crippen LogP contribution is 2.36. The van der Waals surface area contributed by atoms with Crippen LogP contribution in [0.2, 0.25) is 0 Å². The van der Waals surface area contributed by atoms with Gasteiger partial charge in [0.2, 0.25) is 0 Å². The monoisotopic (exact) mass is 275 g/mol. The SMILES string of the molecule is CC[C@@H]1CCc2nc3sc(C(N)=O)c(N)c3cc2C1. The van der Waals surface area contributed by atoms with Crippen LogP contribution in [0.5, 0.6) is 0 Å². The van der Waals surface area contributed by atoms with E-state index < -0.39 is 5.91 Å². The lowest BCUT2D eigenvalue weighted by Crippen LogP contribution is -2.14. The number of carbonyl (C=O) groups is 1. The lowest BCUT2D eigenvalue weighted by molar-refractivity contribution is 0.100. The van der Waals surface area contributed by atoms with Crippen molar-refractivity contribution in [2.75, 3.05) is 5.73 Å². The number of rotatable bonds is 2. The summed E-state index contributed by atoms with van der Waals surface area (Å²) >= 11 is 1.30. The molecule has 5 heteroatoms. The van der Waals surface area contributed by atoms with Gasteiger partial charge in [-0.2, -0.15) is 0 Å². The van der Waals surface area contributed by atoms with E-state index in [4.69, 9.17) is 11.5 Å². The first-order valence-electron chi connectivity index (χ1n) is 6.60. The van der Waals surface area contributed by atoms with E-state index in [9.17, 15) is 4.79 Å². The Morgan fingerprint density at radius 3 is 3.05 bits per heavy atom. The van der Waals surface area contributed by atoms with E-state index in [2.05, 4.69) is 18.0 Å². The van der Waals surface area contributed by atoms with Crippen molar-refractivity contribution in [3.63, 3.8) is 0 Å². The number of anilines is 1. The summed E-state index contributed by atoms with van der Waals surface area (Å²) in [6.07, 6.45) is 4.48. The molecule has 0 spiro atoms. The molecule has 0 bridgehead atoms. The second kappa shape index (κ2) is 4.49. The number of nitrogens with two attached hydrogens (primary N) is 2. The fraction of sp³-hybridized carbons (Fsp3) is 0.429. The van der Waals surface area contributed by atoms with Crippen molar-refractivity contribution in [2.24, 2.45) is 11.7 Å². The van der Waals surface area contributed by atoms with Crippen LogP contribution in [0.3, 0.4) is 0 Å². The van der Waals surface area contributed by atoms with E-state index in [0.29, 0.717) is 10.6 Å². The van der Waals surface area contributed by atoms with Gasteiger partial charge in [-0.15, -0.1) is 11.3 Å². The summed E-state index contributed by atoms with van der Waals surface area (Å²) in [4.78, 5) is 17.3. The van der Waals surface area contributed by atoms with E-state index in [0.717, 1.165) is 34.7 Å². The first-order valence-corrected chi connectivity index (χ1v) is 7.42.